The Hall–Kier alpha value is -3.64. The zero-order chi connectivity index (χ0) is 29.6. The lowest BCUT2D eigenvalue weighted by molar-refractivity contribution is -0.137. The van der Waals surface area contributed by atoms with Gasteiger partial charge >= 0.3 is 11.7 Å². The average molecular weight is 572 g/mol. The van der Waals surface area contributed by atoms with Gasteiger partial charge in [0.05, 0.1) is 24.6 Å². The third kappa shape index (κ3) is 10.0. The van der Waals surface area contributed by atoms with Crippen LogP contribution >= 0.6 is 0 Å². The highest BCUT2D eigenvalue weighted by atomic mass is 16.5. The van der Waals surface area contributed by atoms with Gasteiger partial charge in [-0.25, -0.2) is 4.79 Å². The van der Waals surface area contributed by atoms with Gasteiger partial charge < -0.3 is 35.6 Å². The molecule has 0 radical (unpaired) electrons. The molecule has 11 nitrogen and oxygen atoms in total. The second-order valence-corrected chi connectivity index (χ2v) is 10.0. The van der Waals surface area contributed by atoms with E-state index in [4.69, 9.17) is 9.84 Å². The average Bonchev–Trinajstić information content (AvgIpc) is 3.23. The number of carbonyl (C=O) groups is 1. The molecule has 0 saturated carbocycles. The number of aromatic nitrogens is 2. The third-order valence-corrected chi connectivity index (χ3v) is 6.83. The Morgan fingerprint density at radius 2 is 1.73 bits per heavy atom. The molecule has 0 unspecified atom stereocenters. The number of aromatic hydroxyl groups is 2. The zero-order valence-corrected chi connectivity index (χ0v) is 23.2. The van der Waals surface area contributed by atoms with Gasteiger partial charge in [0.2, 0.25) is 5.88 Å². The molecule has 6 N–H and O–H groups in total. The molecule has 0 bridgehead atoms. The highest BCUT2D eigenvalue weighted by molar-refractivity contribution is 5.66. The molecule has 224 valence electrons. The smallest absolute Gasteiger partial charge is 0.336 e. The monoisotopic (exact) mass is 571 g/mol. The van der Waals surface area contributed by atoms with Gasteiger partial charge in [0.25, 0.3) is 0 Å². The summed E-state index contributed by atoms with van der Waals surface area (Å²) >= 11 is 0. The first-order chi connectivity index (χ1) is 19.8. The Morgan fingerprint density at radius 3 is 2.49 bits per heavy atom. The summed E-state index contributed by atoms with van der Waals surface area (Å²) in [4.78, 5) is 23.4. The van der Waals surface area contributed by atoms with E-state index < -0.39 is 30.2 Å². The topological polar surface area (TPSA) is 166 Å². The Kier molecular flexibility index (Phi) is 12.9. The Balaban J connectivity index is 1.22. The van der Waals surface area contributed by atoms with E-state index >= 15 is 0 Å². The van der Waals surface area contributed by atoms with Crippen LogP contribution in [0.5, 0.6) is 11.6 Å². The number of hydrogen-bond acceptors (Lipinski definition) is 8. The maximum Gasteiger partial charge on any atom is 0.336 e. The van der Waals surface area contributed by atoms with E-state index in [9.17, 15) is 30.0 Å². The predicted octanol–water partition coefficient (Wildman–Crippen LogP) is 2.85. The van der Waals surface area contributed by atoms with Crippen molar-refractivity contribution in [3.05, 3.63) is 75.8 Å². The van der Waals surface area contributed by atoms with E-state index in [-0.39, 0.29) is 12.4 Å². The molecular formula is C30H41N3O8. The third-order valence-electron chi connectivity index (χ3n) is 6.83. The van der Waals surface area contributed by atoms with Gasteiger partial charge in [-0.3, -0.25) is 13.9 Å². The molecule has 41 heavy (non-hydrogen) atoms. The van der Waals surface area contributed by atoms with Crippen LogP contribution in [0, 0.1) is 0 Å². The molecule has 0 aliphatic heterocycles. The van der Waals surface area contributed by atoms with E-state index in [1.165, 1.54) is 16.8 Å². The number of ether oxygens (including phenoxy) is 1. The van der Waals surface area contributed by atoms with E-state index in [0.29, 0.717) is 30.0 Å². The second-order valence-electron chi connectivity index (χ2n) is 10.0. The van der Waals surface area contributed by atoms with Gasteiger partial charge in [0.1, 0.15) is 12.3 Å². The van der Waals surface area contributed by atoms with Crippen LogP contribution < -0.4 is 11.0 Å². The lowest BCUT2D eigenvalue weighted by Gasteiger charge is -2.14. The number of aryl methyl sites for hydroxylation is 1. The Labute approximate surface area is 239 Å². The second kappa shape index (κ2) is 16.6. The van der Waals surface area contributed by atoms with Crippen molar-refractivity contribution in [2.45, 2.75) is 64.2 Å². The predicted molar refractivity (Wildman–Crippen MR) is 153 cm³/mol. The summed E-state index contributed by atoms with van der Waals surface area (Å²) in [6.07, 6.45) is 7.30. The summed E-state index contributed by atoms with van der Waals surface area (Å²) in [6, 6.07) is 12.2. The summed E-state index contributed by atoms with van der Waals surface area (Å²) < 4.78 is 7.81. The number of aliphatic hydroxyl groups excluding tert-OH is 2. The van der Waals surface area contributed by atoms with Crippen molar-refractivity contribution in [2.24, 2.45) is 0 Å². The van der Waals surface area contributed by atoms with E-state index in [0.717, 1.165) is 68.2 Å². The van der Waals surface area contributed by atoms with Crippen LogP contribution in [0.15, 0.2) is 53.5 Å². The molecule has 0 spiro atoms. The molecule has 11 heteroatoms. The van der Waals surface area contributed by atoms with Crippen molar-refractivity contribution < 1.29 is 35.1 Å². The summed E-state index contributed by atoms with van der Waals surface area (Å²) in [5.74, 6) is -1.57. The fourth-order valence-corrected chi connectivity index (χ4v) is 4.54. The first-order valence-electron chi connectivity index (χ1n) is 14.0. The lowest BCUT2D eigenvalue weighted by Crippen LogP contribution is -2.26. The van der Waals surface area contributed by atoms with Gasteiger partial charge in [-0.05, 0) is 74.0 Å². The van der Waals surface area contributed by atoms with Crippen LogP contribution in [-0.4, -0.2) is 66.9 Å². The molecule has 1 heterocycles. The van der Waals surface area contributed by atoms with Gasteiger partial charge in [0, 0.05) is 25.3 Å². The highest BCUT2D eigenvalue weighted by Crippen LogP contribution is 2.22. The van der Waals surface area contributed by atoms with E-state index in [2.05, 4.69) is 5.32 Å². The minimum atomic E-state index is -1.20. The van der Waals surface area contributed by atoms with E-state index in [1.54, 1.807) is 18.2 Å². The molecule has 1 atom stereocenters. The molecule has 0 fully saturated rings. The van der Waals surface area contributed by atoms with Gasteiger partial charge in [-0.2, -0.15) is 0 Å². The number of phenols is 1. The number of aliphatic carboxylic acids is 1. The largest absolute Gasteiger partial charge is 0.508 e. The van der Waals surface area contributed by atoms with Crippen molar-refractivity contribution in [3.8, 4) is 17.3 Å². The quantitative estimate of drug-likeness (QED) is 0.119. The number of imidazole rings is 1. The number of rotatable bonds is 19. The normalized spacial score (nSPS) is 12.0. The Morgan fingerprint density at radius 1 is 0.976 bits per heavy atom. The maximum atomic E-state index is 12.5. The number of nitrogens with one attached hydrogen (secondary N) is 1. The fourth-order valence-electron chi connectivity index (χ4n) is 4.54. The van der Waals surface area contributed by atoms with Crippen LogP contribution in [0.25, 0.3) is 5.69 Å². The van der Waals surface area contributed by atoms with Crippen molar-refractivity contribution >= 4 is 5.97 Å². The standard InChI is InChI=1S/C30H41N3O8/c34-21-24-17-23(11-12-26(24)35)27(36)18-31-13-4-1-2-5-14-41-15-6-3-8-22-9-7-10-25(16-22)32-19-28(37)33(30(32)40)20-29(38)39/h7,9-12,16-17,19,27,31,34-37H,1-6,8,13-15,18,20-21H2,(H,38,39)/t27-/m0/s1. The van der Waals surface area contributed by atoms with Crippen molar-refractivity contribution in [3.63, 3.8) is 0 Å². The molecule has 0 saturated heterocycles. The fraction of sp³-hybridized carbons (Fsp3) is 0.467. The van der Waals surface area contributed by atoms with Gasteiger partial charge in [-0.1, -0.05) is 31.0 Å². The number of nitrogens with zero attached hydrogens (tertiary/aromatic N) is 2. The first-order valence-corrected chi connectivity index (χ1v) is 14.0. The number of benzene rings is 2. The number of unbranched alkanes of at least 4 members (excludes halogenated alkanes) is 4. The summed E-state index contributed by atoms with van der Waals surface area (Å²) in [5, 5.41) is 51.3. The minimum Gasteiger partial charge on any atom is -0.508 e. The SMILES string of the molecule is O=C(O)Cn1c(O)cn(-c2cccc(CCCCOCCCCCCNC[C@H](O)c3ccc(O)c(CO)c3)c2)c1=O. The number of carboxylic acid groups (broad SMARTS) is 1. The van der Waals surface area contributed by atoms with Crippen LogP contribution in [0.4, 0.5) is 0 Å². The molecule has 0 aliphatic carbocycles. The summed E-state index contributed by atoms with van der Waals surface area (Å²) in [7, 11) is 0. The lowest BCUT2D eigenvalue weighted by atomic mass is 10.1. The van der Waals surface area contributed by atoms with Crippen molar-refractivity contribution in [2.75, 3.05) is 26.3 Å². The number of aliphatic hydroxyl groups is 2. The summed E-state index contributed by atoms with van der Waals surface area (Å²) in [6.45, 7) is 1.73. The van der Waals surface area contributed by atoms with Crippen LogP contribution in [0.2, 0.25) is 0 Å². The molecule has 3 rings (SSSR count). The highest BCUT2D eigenvalue weighted by Gasteiger charge is 2.14. The Bertz CT molecular complexity index is 1300. The zero-order valence-electron chi connectivity index (χ0n) is 23.2. The number of carboxylic acids is 1. The molecule has 0 amide bonds. The number of hydrogen-bond donors (Lipinski definition) is 6. The van der Waals surface area contributed by atoms with Crippen molar-refractivity contribution in [1.29, 1.82) is 0 Å². The summed E-state index contributed by atoms with van der Waals surface area (Å²) in [5.41, 5.74) is 2.07. The molecule has 0 aliphatic rings. The van der Waals surface area contributed by atoms with Crippen LogP contribution in [0.3, 0.4) is 0 Å². The maximum absolute atomic E-state index is 12.5. The molecular weight excluding hydrogens is 530 g/mol. The molecule has 1 aromatic heterocycles. The van der Waals surface area contributed by atoms with Crippen LogP contribution in [0.1, 0.15) is 61.3 Å². The molecule has 2 aromatic carbocycles. The van der Waals surface area contributed by atoms with E-state index in [1.807, 2.05) is 18.2 Å². The first kappa shape index (κ1) is 31.9. The minimum absolute atomic E-state index is 0.0230. The van der Waals surface area contributed by atoms with Gasteiger partial charge in [-0.15, -0.1) is 0 Å². The van der Waals surface area contributed by atoms with Crippen LogP contribution in [-0.2, 0) is 29.1 Å². The van der Waals surface area contributed by atoms with Crippen molar-refractivity contribution in [1.82, 2.24) is 14.5 Å². The molecule has 3 aromatic rings. The van der Waals surface area contributed by atoms with Gasteiger partial charge in [0.15, 0.2) is 0 Å².